The molecule has 0 amide bonds. The normalized spacial score (nSPS) is 24.1. The minimum atomic E-state index is -0.464. The van der Waals surface area contributed by atoms with Crippen molar-refractivity contribution in [2.45, 2.75) is 71.2 Å². The fourth-order valence-corrected chi connectivity index (χ4v) is 5.86. The van der Waals surface area contributed by atoms with E-state index in [2.05, 4.69) is 38.8 Å². The van der Waals surface area contributed by atoms with Gasteiger partial charge in [-0.15, -0.1) is 11.8 Å². The third-order valence-corrected chi connectivity index (χ3v) is 7.63. The van der Waals surface area contributed by atoms with Crippen molar-refractivity contribution in [2.24, 2.45) is 11.3 Å². The van der Waals surface area contributed by atoms with Crippen LogP contribution in [0.15, 0.2) is 57.5 Å². The molecule has 0 bridgehead atoms. The Hall–Kier alpha value is -2.41. The Kier molecular flexibility index (Phi) is 7.59. The third-order valence-electron chi connectivity index (χ3n) is 6.66. The largest absolute Gasteiger partial charge is 0.512 e. The minimum absolute atomic E-state index is 0.0256. The predicted molar refractivity (Wildman–Crippen MR) is 128 cm³/mol. The number of aromatic nitrogens is 1. The van der Waals surface area contributed by atoms with Crippen LogP contribution < -0.4 is 0 Å². The number of nitro groups is 1. The van der Waals surface area contributed by atoms with Gasteiger partial charge < -0.3 is 5.11 Å². The van der Waals surface area contributed by atoms with Crippen molar-refractivity contribution >= 4 is 23.2 Å². The monoisotopic (exact) mass is 456 g/mol. The molecule has 2 unspecified atom stereocenters. The second-order valence-corrected chi connectivity index (χ2v) is 10.2. The molecule has 0 saturated heterocycles. The minimum Gasteiger partial charge on any atom is -0.512 e. The van der Waals surface area contributed by atoms with Gasteiger partial charge in [-0.3, -0.25) is 14.9 Å². The molecule has 2 aliphatic carbocycles. The van der Waals surface area contributed by atoms with Gasteiger partial charge in [0, 0.05) is 18.9 Å². The van der Waals surface area contributed by atoms with Crippen LogP contribution >= 0.6 is 11.8 Å². The lowest BCUT2D eigenvalue weighted by Crippen LogP contribution is -2.30. The van der Waals surface area contributed by atoms with E-state index < -0.39 is 4.92 Å². The number of nitrogens with zero attached hydrogens (tertiary/aromatic N) is 2. The molecule has 0 saturated carbocycles. The van der Waals surface area contributed by atoms with Crippen LogP contribution in [0, 0.1) is 21.4 Å². The van der Waals surface area contributed by atoms with Crippen LogP contribution in [-0.2, 0) is 4.79 Å². The highest BCUT2D eigenvalue weighted by molar-refractivity contribution is 7.99. The number of aliphatic hydroxyl groups excluding tert-OH is 1. The van der Waals surface area contributed by atoms with Gasteiger partial charge in [0.25, 0.3) is 5.69 Å². The van der Waals surface area contributed by atoms with E-state index in [0.717, 1.165) is 42.0 Å². The highest BCUT2D eigenvalue weighted by Gasteiger charge is 2.40. The van der Waals surface area contributed by atoms with Crippen LogP contribution in [0.3, 0.4) is 0 Å². The molecular formula is C25H32N2O4S. The molecular weight excluding hydrogens is 424 g/mol. The van der Waals surface area contributed by atoms with Gasteiger partial charge in [0.2, 0.25) is 0 Å². The molecule has 1 heterocycles. The zero-order valence-electron chi connectivity index (χ0n) is 19.3. The molecule has 0 spiro atoms. The Balaban J connectivity index is 1.73. The zero-order valence-corrected chi connectivity index (χ0v) is 20.1. The van der Waals surface area contributed by atoms with E-state index in [1.165, 1.54) is 35.2 Å². The van der Waals surface area contributed by atoms with Gasteiger partial charge in [0.05, 0.1) is 15.5 Å². The quantitative estimate of drug-likeness (QED) is 0.265. The van der Waals surface area contributed by atoms with Crippen LogP contribution in [0.4, 0.5) is 5.69 Å². The number of allylic oxidation sites excluding steroid dienone is 6. The summed E-state index contributed by atoms with van der Waals surface area (Å²) in [6.45, 7) is 8.62. The second kappa shape index (κ2) is 10.0. The van der Waals surface area contributed by atoms with Crippen LogP contribution in [0.5, 0.6) is 0 Å². The lowest BCUT2D eigenvalue weighted by atomic mass is 9.64. The molecule has 32 heavy (non-hydrogen) atoms. The van der Waals surface area contributed by atoms with Crippen molar-refractivity contribution in [1.82, 2.24) is 4.98 Å². The summed E-state index contributed by atoms with van der Waals surface area (Å²) >= 11 is 1.51. The molecule has 2 atom stereocenters. The Labute approximate surface area is 194 Å². The smallest absolute Gasteiger partial charge is 0.287 e. The molecule has 0 fully saturated rings. The summed E-state index contributed by atoms with van der Waals surface area (Å²) in [7, 11) is 0. The molecule has 172 valence electrons. The number of pyridine rings is 1. The van der Waals surface area contributed by atoms with Crippen molar-refractivity contribution in [3.8, 4) is 0 Å². The Bertz CT molecular complexity index is 994. The molecule has 1 aromatic heterocycles. The third kappa shape index (κ3) is 5.14. The Morgan fingerprint density at radius 3 is 2.62 bits per heavy atom. The number of hydrogen-bond acceptors (Lipinski definition) is 6. The average molecular weight is 457 g/mol. The van der Waals surface area contributed by atoms with Gasteiger partial charge in [0.15, 0.2) is 5.78 Å². The first kappa shape index (κ1) is 24.2. The predicted octanol–water partition coefficient (Wildman–Crippen LogP) is 6.74. The first-order valence-corrected chi connectivity index (χ1v) is 12.3. The summed E-state index contributed by atoms with van der Waals surface area (Å²) in [5.74, 6) is 1.11. The molecule has 3 rings (SSSR count). The van der Waals surface area contributed by atoms with Crippen LogP contribution in [-0.4, -0.2) is 26.5 Å². The second-order valence-electron chi connectivity index (χ2n) is 9.10. The molecule has 1 N–H and O–H groups in total. The van der Waals surface area contributed by atoms with Gasteiger partial charge in [0.1, 0.15) is 12.0 Å². The fourth-order valence-electron chi connectivity index (χ4n) is 4.91. The number of hydrogen-bond donors (Lipinski definition) is 1. The van der Waals surface area contributed by atoms with Crippen molar-refractivity contribution in [2.75, 3.05) is 5.75 Å². The summed E-state index contributed by atoms with van der Waals surface area (Å²) in [6.07, 6.45) is 7.86. The van der Waals surface area contributed by atoms with Crippen LogP contribution in [0.2, 0.25) is 0 Å². The molecule has 6 nitrogen and oxygen atoms in total. The summed E-state index contributed by atoms with van der Waals surface area (Å²) in [5, 5.41) is 22.5. The number of rotatable bonds is 8. The van der Waals surface area contributed by atoms with E-state index in [9.17, 15) is 20.0 Å². The van der Waals surface area contributed by atoms with Crippen molar-refractivity contribution in [3.63, 3.8) is 0 Å². The van der Waals surface area contributed by atoms with Gasteiger partial charge in [-0.2, -0.15) is 0 Å². The van der Waals surface area contributed by atoms with E-state index in [-0.39, 0.29) is 28.6 Å². The van der Waals surface area contributed by atoms with Gasteiger partial charge in [-0.1, -0.05) is 32.4 Å². The van der Waals surface area contributed by atoms with Gasteiger partial charge >= 0.3 is 0 Å². The lowest BCUT2D eigenvalue weighted by molar-refractivity contribution is -0.385. The average Bonchev–Trinajstić information content (AvgIpc) is 2.74. The van der Waals surface area contributed by atoms with Crippen molar-refractivity contribution in [1.29, 1.82) is 0 Å². The lowest BCUT2D eigenvalue weighted by Gasteiger charge is -2.39. The molecule has 2 aliphatic rings. The number of ketones is 1. The first-order valence-electron chi connectivity index (χ1n) is 11.3. The zero-order chi connectivity index (χ0) is 23.5. The molecule has 0 aliphatic heterocycles. The molecule has 1 aromatic rings. The summed E-state index contributed by atoms with van der Waals surface area (Å²) in [6, 6.07) is 3.09. The number of thioether (sulfide) groups is 1. The van der Waals surface area contributed by atoms with E-state index in [1.54, 1.807) is 6.07 Å². The fraction of sp³-hybridized carbons (Fsp3) is 0.520. The maximum Gasteiger partial charge on any atom is 0.287 e. The standard InChI is InChI=1S/C25H32N2O4S/c1-5-18-11-16(3)14-25(4,6-2)24(18)23-20(28)12-17(13-21(23)29)9-10-32-22-8-7-19(15-26-22)27(30)31/h7-8,11,15,17,28H,5-6,9-10,12-14H2,1-4H3. The van der Waals surface area contributed by atoms with Gasteiger partial charge in [-0.25, -0.2) is 4.98 Å². The maximum absolute atomic E-state index is 13.2. The van der Waals surface area contributed by atoms with E-state index in [0.29, 0.717) is 18.4 Å². The maximum atomic E-state index is 13.2. The number of aliphatic hydroxyl groups is 1. The van der Waals surface area contributed by atoms with Crippen molar-refractivity contribution in [3.05, 3.63) is 62.6 Å². The highest BCUT2D eigenvalue weighted by atomic mass is 32.2. The van der Waals surface area contributed by atoms with E-state index in [1.807, 2.05) is 0 Å². The topological polar surface area (TPSA) is 93.3 Å². The number of carbonyl (C=O) groups is 1. The van der Waals surface area contributed by atoms with Crippen LogP contribution in [0.1, 0.15) is 66.2 Å². The SMILES string of the molecule is CCC1=C(C2=C(O)CC(CCSc3ccc([N+](=O)[O-])cn3)CC2=O)C(C)(CC)CC(C)=C1. The highest BCUT2D eigenvalue weighted by Crippen LogP contribution is 2.49. The van der Waals surface area contributed by atoms with E-state index >= 15 is 0 Å². The van der Waals surface area contributed by atoms with Crippen molar-refractivity contribution < 1.29 is 14.8 Å². The van der Waals surface area contributed by atoms with E-state index in [4.69, 9.17) is 0 Å². The summed E-state index contributed by atoms with van der Waals surface area (Å²) < 4.78 is 0. The molecule has 0 radical (unpaired) electrons. The first-order chi connectivity index (χ1) is 15.2. The molecule has 0 aromatic carbocycles. The number of carbonyl (C=O) groups excluding carboxylic acids is 1. The van der Waals surface area contributed by atoms with Gasteiger partial charge in [-0.05, 0) is 66.9 Å². The Morgan fingerprint density at radius 1 is 1.31 bits per heavy atom. The summed E-state index contributed by atoms with van der Waals surface area (Å²) in [5.41, 5.74) is 3.96. The Morgan fingerprint density at radius 2 is 2.06 bits per heavy atom. The molecule has 7 heteroatoms. The van der Waals surface area contributed by atoms with Crippen LogP contribution in [0.25, 0.3) is 0 Å². The number of Topliss-reactive ketones (excluding diaryl/α,β-unsaturated/α-hetero) is 1. The summed E-state index contributed by atoms with van der Waals surface area (Å²) in [4.78, 5) is 27.6.